The Balaban J connectivity index is 2.16. The lowest BCUT2D eigenvalue weighted by Crippen LogP contribution is -2.26. The Kier molecular flexibility index (Phi) is 3.81. The summed E-state index contributed by atoms with van der Waals surface area (Å²) in [6, 6.07) is 2.11. The second kappa shape index (κ2) is 5.04. The van der Waals surface area contributed by atoms with Crippen molar-refractivity contribution in [3.63, 3.8) is 0 Å². The van der Waals surface area contributed by atoms with Gasteiger partial charge in [-0.3, -0.25) is 4.79 Å². The first-order valence-electron chi connectivity index (χ1n) is 6.81. The molecule has 1 aliphatic rings. The number of carbonyl (C=O) groups is 1. The molecule has 1 N–H and O–H groups in total. The second-order valence-corrected chi connectivity index (χ2v) is 7.36. The topological polar surface area (TPSA) is 29.1 Å². The van der Waals surface area contributed by atoms with E-state index in [9.17, 15) is 4.79 Å². The molecular formula is C15H23NOS. The third-order valence-electron chi connectivity index (χ3n) is 3.87. The van der Waals surface area contributed by atoms with E-state index in [0.29, 0.717) is 12.0 Å². The van der Waals surface area contributed by atoms with Gasteiger partial charge >= 0.3 is 0 Å². The van der Waals surface area contributed by atoms with E-state index in [1.54, 1.807) is 11.3 Å². The van der Waals surface area contributed by atoms with Crippen molar-refractivity contribution >= 4 is 17.2 Å². The number of hydrogen-bond acceptors (Lipinski definition) is 2. The third kappa shape index (κ3) is 2.77. The van der Waals surface area contributed by atoms with E-state index >= 15 is 0 Å². The highest BCUT2D eigenvalue weighted by atomic mass is 32.1. The average Bonchev–Trinajstić information content (AvgIpc) is 2.70. The van der Waals surface area contributed by atoms with Crippen molar-refractivity contribution in [1.82, 2.24) is 5.32 Å². The molecule has 1 aliphatic carbocycles. The molecule has 100 valence electrons. The molecule has 2 nitrogen and oxygen atoms in total. The van der Waals surface area contributed by atoms with Gasteiger partial charge in [0, 0.05) is 11.4 Å². The molecule has 0 saturated carbocycles. The van der Waals surface area contributed by atoms with Crippen molar-refractivity contribution in [2.75, 3.05) is 6.54 Å². The van der Waals surface area contributed by atoms with Crippen molar-refractivity contribution in [2.24, 2.45) is 11.3 Å². The van der Waals surface area contributed by atoms with Gasteiger partial charge in [0.25, 0.3) is 5.91 Å². The summed E-state index contributed by atoms with van der Waals surface area (Å²) in [4.78, 5) is 14.2. The molecule has 0 aromatic carbocycles. The van der Waals surface area contributed by atoms with E-state index < -0.39 is 0 Å². The van der Waals surface area contributed by atoms with E-state index in [1.807, 2.05) is 6.92 Å². The van der Waals surface area contributed by atoms with Gasteiger partial charge in [-0.1, -0.05) is 20.8 Å². The summed E-state index contributed by atoms with van der Waals surface area (Å²) in [5.74, 6) is 0.825. The summed E-state index contributed by atoms with van der Waals surface area (Å²) >= 11 is 1.68. The molecule has 0 spiro atoms. The van der Waals surface area contributed by atoms with Crippen LogP contribution in [-0.2, 0) is 12.8 Å². The highest BCUT2D eigenvalue weighted by molar-refractivity contribution is 7.14. The monoisotopic (exact) mass is 265 g/mol. The van der Waals surface area contributed by atoms with Crippen molar-refractivity contribution in [3.8, 4) is 0 Å². The maximum Gasteiger partial charge on any atom is 0.261 e. The highest BCUT2D eigenvalue weighted by Gasteiger charge is 2.30. The number of nitrogens with one attached hydrogen (secondary N) is 1. The molecule has 0 aliphatic heterocycles. The van der Waals surface area contributed by atoms with Crippen LogP contribution in [0.3, 0.4) is 0 Å². The fourth-order valence-corrected chi connectivity index (χ4v) is 3.75. The van der Waals surface area contributed by atoms with Crippen LogP contribution >= 0.6 is 11.3 Å². The summed E-state index contributed by atoms with van der Waals surface area (Å²) in [5, 5.41) is 2.88. The molecule has 0 radical (unpaired) electrons. The number of carbonyl (C=O) groups excluding carboxylic acids is 1. The Morgan fingerprint density at radius 3 is 2.83 bits per heavy atom. The minimum absolute atomic E-state index is 0.0872. The molecule has 1 atom stereocenters. The van der Waals surface area contributed by atoms with Crippen molar-refractivity contribution in [1.29, 1.82) is 0 Å². The van der Waals surface area contributed by atoms with Crippen LogP contribution in [0.5, 0.6) is 0 Å². The maximum absolute atomic E-state index is 11.8. The van der Waals surface area contributed by atoms with Gasteiger partial charge in [0.05, 0.1) is 4.88 Å². The average molecular weight is 265 g/mol. The van der Waals surface area contributed by atoms with Crippen LogP contribution in [0, 0.1) is 11.3 Å². The van der Waals surface area contributed by atoms with Crippen LogP contribution in [0.1, 0.15) is 54.2 Å². The Morgan fingerprint density at radius 1 is 1.50 bits per heavy atom. The zero-order valence-electron chi connectivity index (χ0n) is 11.8. The van der Waals surface area contributed by atoms with Crippen molar-refractivity contribution in [2.45, 2.75) is 47.0 Å². The zero-order valence-corrected chi connectivity index (χ0v) is 12.6. The number of rotatable bonds is 2. The van der Waals surface area contributed by atoms with E-state index in [0.717, 1.165) is 23.6 Å². The quantitative estimate of drug-likeness (QED) is 0.869. The molecule has 1 heterocycles. The minimum atomic E-state index is 0.0872. The molecule has 1 aromatic rings. The number of aryl methyl sites for hydroxylation is 1. The maximum atomic E-state index is 11.8. The number of hydrogen-bond donors (Lipinski definition) is 1. The van der Waals surface area contributed by atoms with Crippen LogP contribution in [0.4, 0.5) is 0 Å². The van der Waals surface area contributed by atoms with Gasteiger partial charge in [0.1, 0.15) is 0 Å². The van der Waals surface area contributed by atoms with Gasteiger partial charge in [-0.2, -0.15) is 0 Å². The standard InChI is InChI=1S/C15H23NOS/c1-5-16-14(17)13-9-10-8-11(15(2,3)4)6-7-12(10)18-13/h9,11H,5-8H2,1-4H3,(H,16,17)/t11-/m0/s1. The zero-order chi connectivity index (χ0) is 13.3. The molecule has 0 bridgehead atoms. The van der Waals surface area contributed by atoms with Crippen LogP contribution in [0.15, 0.2) is 6.07 Å². The minimum Gasteiger partial charge on any atom is -0.352 e. The molecule has 1 amide bonds. The number of fused-ring (bicyclic) bond motifs is 1. The van der Waals surface area contributed by atoms with Crippen molar-refractivity contribution in [3.05, 3.63) is 21.4 Å². The summed E-state index contributed by atoms with van der Waals surface area (Å²) in [6.45, 7) is 9.62. The van der Waals surface area contributed by atoms with E-state index in [4.69, 9.17) is 0 Å². The van der Waals surface area contributed by atoms with Gasteiger partial charge < -0.3 is 5.32 Å². The predicted molar refractivity (Wildman–Crippen MR) is 77.3 cm³/mol. The lowest BCUT2D eigenvalue weighted by Gasteiger charge is -2.33. The third-order valence-corrected chi connectivity index (χ3v) is 5.10. The molecule has 18 heavy (non-hydrogen) atoms. The van der Waals surface area contributed by atoms with Crippen LogP contribution in [0.25, 0.3) is 0 Å². The summed E-state index contributed by atoms with van der Waals surface area (Å²) in [7, 11) is 0. The van der Waals surface area contributed by atoms with Gasteiger partial charge in [-0.15, -0.1) is 11.3 Å². The summed E-state index contributed by atoms with van der Waals surface area (Å²) < 4.78 is 0. The molecule has 0 unspecified atom stereocenters. The number of amides is 1. The lowest BCUT2D eigenvalue weighted by atomic mass is 9.72. The molecule has 3 heteroatoms. The van der Waals surface area contributed by atoms with Crippen LogP contribution < -0.4 is 5.32 Å². The first-order chi connectivity index (χ1) is 8.41. The second-order valence-electron chi connectivity index (χ2n) is 6.22. The molecule has 1 aromatic heterocycles. The predicted octanol–water partition coefficient (Wildman–Crippen LogP) is 3.65. The van der Waals surface area contributed by atoms with Crippen LogP contribution in [-0.4, -0.2) is 12.5 Å². The fraction of sp³-hybridized carbons (Fsp3) is 0.667. The Morgan fingerprint density at radius 2 is 2.22 bits per heavy atom. The smallest absolute Gasteiger partial charge is 0.261 e. The normalized spacial score (nSPS) is 19.4. The van der Waals surface area contributed by atoms with Gasteiger partial charge in [0.15, 0.2) is 0 Å². The largest absolute Gasteiger partial charge is 0.352 e. The van der Waals surface area contributed by atoms with E-state index in [1.165, 1.54) is 16.9 Å². The molecular weight excluding hydrogens is 242 g/mol. The van der Waals surface area contributed by atoms with Crippen molar-refractivity contribution < 1.29 is 4.79 Å². The van der Waals surface area contributed by atoms with Gasteiger partial charge in [0.2, 0.25) is 0 Å². The Labute approximate surface area is 114 Å². The number of thiophene rings is 1. The molecule has 0 fully saturated rings. The Hall–Kier alpha value is -0.830. The summed E-state index contributed by atoms with van der Waals surface area (Å²) in [5.41, 5.74) is 1.78. The van der Waals surface area contributed by atoms with E-state index in [-0.39, 0.29) is 5.91 Å². The summed E-state index contributed by atoms with van der Waals surface area (Å²) in [6.07, 6.45) is 3.53. The van der Waals surface area contributed by atoms with E-state index in [2.05, 4.69) is 32.2 Å². The Bertz CT molecular complexity index is 442. The molecule has 2 rings (SSSR count). The molecule has 0 saturated heterocycles. The highest BCUT2D eigenvalue weighted by Crippen LogP contribution is 2.39. The van der Waals surface area contributed by atoms with Gasteiger partial charge in [-0.05, 0) is 49.1 Å². The lowest BCUT2D eigenvalue weighted by molar-refractivity contribution is 0.0960. The fourth-order valence-electron chi connectivity index (χ4n) is 2.62. The van der Waals surface area contributed by atoms with Crippen LogP contribution in [0.2, 0.25) is 0 Å². The first-order valence-corrected chi connectivity index (χ1v) is 7.63. The first kappa shape index (κ1) is 13.6. The SMILES string of the molecule is CCNC(=O)c1cc2c(s1)CC[C@H](C(C)(C)C)C2. The van der Waals surface area contributed by atoms with Gasteiger partial charge in [-0.25, -0.2) is 0 Å².